The second kappa shape index (κ2) is 7.44. The summed E-state index contributed by atoms with van der Waals surface area (Å²) in [4.78, 5) is 11.7. The monoisotopic (exact) mass is 346 g/mol. The van der Waals surface area contributed by atoms with Crippen LogP contribution in [0.4, 0.5) is 0 Å². The minimum absolute atomic E-state index is 0.0247. The van der Waals surface area contributed by atoms with Gasteiger partial charge in [-0.1, -0.05) is 80.6 Å². The van der Waals surface area contributed by atoms with E-state index in [9.17, 15) is 15.0 Å². The molecule has 3 rings (SSSR count). The molecule has 0 saturated heterocycles. The Kier molecular flexibility index (Phi) is 5.08. The molecule has 2 N–H and O–H groups in total. The Morgan fingerprint density at radius 3 is 1.77 bits per heavy atom. The number of carboxylic acids is 1. The first kappa shape index (κ1) is 17.7. The van der Waals surface area contributed by atoms with Gasteiger partial charge in [0.15, 0.2) is 0 Å². The molecule has 132 valence electrons. The highest BCUT2D eigenvalue weighted by atomic mass is 16.4. The molecule has 3 nitrogen and oxygen atoms in total. The standard InChI is InChI=1S/C23H22O3/c1-15(17-9-5-3-6-10-17)19-13-20(22(24)21(14-19)23(25)26)16(2)18-11-7-4-8-12-18/h3-16,24H,1-2H3,(H,25,26). The molecule has 26 heavy (non-hydrogen) atoms. The van der Waals surface area contributed by atoms with Crippen molar-refractivity contribution in [2.45, 2.75) is 25.7 Å². The number of aromatic hydroxyl groups is 1. The van der Waals surface area contributed by atoms with Crippen LogP contribution in [0, 0.1) is 0 Å². The predicted octanol–water partition coefficient (Wildman–Crippen LogP) is 5.39. The Bertz CT molecular complexity index is 901. The van der Waals surface area contributed by atoms with Crippen LogP contribution in [0.1, 0.15) is 58.3 Å². The Hall–Kier alpha value is -3.07. The fourth-order valence-corrected chi connectivity index (χ4v) is 3.28. The van der Waals surface area contributed by atoms with Crippen LogP contribution in [-0.4, -0.2) is 16.2 Å². The fourth-order valence-electron chi connectivity index (χ4n) is 3.28. The maximum Gasteiger partial charge on any atom is 0.339 e. The molecule has 3 heteroatoms. The lowest BCUT2D eigenvalue weighted by molar-refractivity contribution is 0.0693. The second-order valence-electron chi connectivity index (χ2n) is 6.58. The molecule has 0 amide bonds. The number of phenols is 1. The zero-order valence-electron chi connectivity index (χ0n) is 14.9. The SMILES string of the molecule is CC(c1ccccc1)c1cc(C(=O)O)c(O)c(C(C)c2ccccc2)c1. The predicted molar refractivity (Wildman–Crippen MR) is 103 cm³/mol. The molecule has 0 aliphatic rings. The lowest BCUT2D eigenvalue weighted by Gasteiger charge is -2.20. The molecule has 0 radical (unpaired) electrons. The molecule has 0 bridgehead atoms. The summed E-state index contributed by atoms with van der Waals surface area (Å²) in [5.41, 5.74) is 3.60. The smallest absolute Gasteiger partial charge is 0.339 e. The summed E-state index contributed by atoms with van der Waals surface area (Å²) in [6.07, 6.45) is 0. The Balaban J connectivity index is 2.12. The van der Waals surface area contributed by atoms with E-state index in [2.05, 4.69) is 0 Å². The minimum atomic E-state index is -1.12. The number of benzene rings is 3. The molecule has 2 atom stereocenters. The van der Waals surface area contributed by atoms with Gasteiger partial charge in [0.2, 0.25) is 0 Å². The average Bonchev–Trinajstić information content (AvgIpc) is 2.68. The molecule has 2 unspecified atom stereocenters. The Morgan fingerprint density at radius 1 is 0.769 bits per heavy atom. The normalized spacial score (nSPS) is 13.2. The van der Waals surface area contributed by atoms with Gasteiger partial charge in [-0.05, 0) is 22.8 Å². The quantitative estimate of drug-likeness (QED) is 0.651. The summed E-state index contributed by atoms with van der Waals surface area (Å²) in [6, 6.07) is 23.2. The maximum atomic E-state index is 11.7. The molecule has 3 aromatic rings. The van der Waals surface area contributed by atoms with Crippen molar-refractivity contribution in [3.8, 4) is 5.75 Å². The number of hydrogen-bond acceptors (Lipinski definition) is 2. The number of hydrogen-bond donors (Lipinski definition) is 2. The summed E-state index contributed by atoms with van der Waals surface area (Å²) in [5, 5.41) is 20.1. The topological polar surface area (TPSA) is 57.5 Å². The van der Waals surface area contributed by atoms with Gasteiger partial charge in [-0.3, -0.25) is 0 Å². The number of rotatable bonds is 5. The lowest BCUT2D eigenvalue weighted by Crippen LogP contribution is -2.07. The average molecular weight is 346 g/mol. The van der Waals surface area contributed by atoms with Crippen molar-refractivity contribution in [1.29, 1.82) is 0 Å². The second-order valence-corrected chi connectivity index (χ2v) is 6.58. The van der Waals surface area contributed by atoms with Crippen molar-refractivity contribution in [1.82, 2.24) is 0 Å². The van der Waals surface area contributed by atoms with Crippen LogP contribution in [0.2, 0.25) is 0 Å². The Labute approximate surface area is 153 Å². The zero-order valence-corrected chi connectivity index (χ0v) is 14.9. The van der Waals surface area contributed by atoms with Crippen LogP contribution in [0.3, 0.4) is 0 Å². The molecule has 0 fully saturated rings. The number of aromatic carboxylic acids is 1. The van der Waals surface area contributed by atoms with E-state index >= 15 is 0 Å². The highest BCUT2D eigenvalue weighted by Crippen LogP contribution is 2.37. The van der Waals surface area contributed by atoms with Crippen molar-refractivity contribution >= 4 is 5.97 Å². The summed E-state index contributed by atoms with van der Waals surface area (Å²) >= 11 is 0. The van der Waals surface area contributed by atoms with E-state index in [1.54, 1.807) is 6.07 Å². The van der Waals surface area contributed by atoms with Gasteiger partial charge in [-0.15, -0.1) is 0 Å². The molecular formula is C23H22O3. The van der Waals surface area contributed by atoms with Gasteiger partial charge >= 0.3 is 5.97 Å². The highest BCUT2D eigenvalue weighted by molar-refractivity contribution is 5.91. The van der Waals surface area contributed by atoms with Crippen LogP contribution in [-0.2, 0) is 0 Å². The van der Waals surface area contributed by atoms with E-state index < -0.39 is 5.97 Å². The molecule has 0 saturated carbocycles. The fraction of sp³-hybridized carbons (Fsp3) is 0.174. The van der Waals surface area contributed by atoms with Crippen molar-refractivity contribution in [2.24, 2.45) is 0 Å². The van der Waals surface area contributed by atoms with Crippen LogP contribution in [0.15, 0.2) is 72.8 Å². The summed E-state index contributed by atoms with van der Waals surface area (Å²) in [5.74, 6) is -1.36. The van der Waals surface area contributed by atoms with Gasteiger partial charge in [0.05, 0.1) is 0 Å². The molecule has 3 aromatic carbocycles. The van der Waals surface area contributed by atoms with Crippen LogP contribution in [0.25, 0.3) is 0 Å². The third-order valence-corrected chi connectivity index (χ3v) is 4.96. The third-order valence-electron chi connectivity index (χ3n) is 4.96. The van der Waals surface area contributed by atoms with Gasteiger partial charge in [-0.25, -0.2) is 4.79 Å². The van der Waals surface area contributed by atoms with E-state index in [1.807, 2.05) is 80.6 Å². The van der Waals surface area contributed by atoms with Crippen LogP contribution in [0.5, 0.6) is 5.75 Å². The zero-order chi connectivity index (χ0) is 18.7. The van der Waals surface area contributed by atoms with Gasteiger partial charge < -0.3 is 10.2 Å². The highest BCUT2D eigenvalue weighted by Gasteiger charge is 2.22. The first-order valence-electron chi connectivity index (χ1n) is 8.69. The summed E-state index contributed by atoms with van der Waals surface area (Å²) in [6.45, 7) is 4.03. The third kappa shape index (κ3) is 3.47. The van der Waals surface area contributed by atoms with Crippen molar-refractivity contribution < 1.29 is 15.0 Å². The Morgan fingerprint density at radius 2 is 1.27 bits per heavy atom. The molecular weight excluding hydrogens is 324 g/mol. The van der Waals surface area contributed by atoms with Crippen LogP contribution < -0.4 is 0 Å². The van der Waals surface area contributed by atoms with Gasteiger partial charge in [0.1, 0.15) is 11.3 Å². The van der Waals surface area contributed by atoms with E-state index in [0.717, 1.165) is 16.7 Å². The van der Waals surface area contributed by atoms with Crippen molar-refractivity contribution in [2.75, 3.05) is 0 Å². The largest absolute Gasteiger partial charge is 0.507 e. The van der Waals surface area contributed by atoms with Crippen molar-refractivity contribution in [3.05, 3.63) is 101 Å². The molecule has 0 heterocycles. The van der Waals surface area contributed by atoms with E-state index in [4.69, 9.17) is 0 Å². The van der Waals surface area contributed by atoms with Crippen LogP contribution >= 0.6 is 0 Å². The van der Waals surface area contributed by atoms with Crippen molar-refractivity contribution in [3.63, 3.8) is 0 Å². The van der Waals surface area contributed by atoms with E-state index in [1.165, 1.54) is 0 Å². The van der Waals surface area contributed by atoms with E-state index in [-0.39, 0.29) is 23.1 Å². The molecule has 0 aliphatic carbocycles. The summed E-state index contributed by atoms with van der Waals surface area (Å²) < 4.78 is 0. The maximum absolute atomic E-state index is 11.7. The van der Waals surface area contributed by atoms with E-state index in [0.29, 0.717) is 5.56 Å². The number of carbonyl (C=O) groups is 1. The van der Waals surface area contributed by atoms with Gasteiger partial charge in [-0.2, -0.15) is 0 Å². The molecule has 0 spiro atoms. The lowest BCUT2D eigenvalue weighted by atomic mass is 9.85. The molecule has 0 aromatic heterocycles. The number of carboxylic acid groups (broad SMARTS) is 1. The molecule has 0 aliphatic heterocycles. The van der Waals surface area contributed by atoms with Gasteiger partial charge in [0.25, 0.3) is 0 Å². The minimum Gasteiger partial charge on any atom is -0.507 e. The first-order chi connectivity index (χ1) is 12.5. The summed E-state index contributed by atoms with van der Waals surface area (Å²) in [7, 11) is 0. The first-order valence-corrected chi connectivity index (χ1v) is 8.69. The van der Waals surface area contributed by atoms with Gasteiger partial charge in [0, 0.05) is 17.4 Å².